The van der Waals surface area contributed by atoms with Crippen LogP contribution in [0.3, 0.4) is 0 Å². The first-order valence-electron chi connectivity index (χ1n) is 7.96. The van der Waals surface area contributed by atoms with Crippen molar-refractivity contribution in [2.24, 2.45) is 5.92 Å². The van der Waals surface area contributed by atoms with Crippen LogP contribution in [0, 0.1) is 12.3 Å². The van der Waals surface area contributed by atoms with Crippen molar-refractivity contribution in [3.63, 3.8) is 0 Å². The number of hydrogen-bond donors (Lipinski definition) is 0. The van der Waals surface area contributed by atoms with Crippen LogP contribution in [-0.2, 0) is 13.1 Å². The Hall–Kier alpha value is -1.60. The highest BCUT2D eigenvalue weighted by molar-refractivity contribution is 5.17. The van der Waals surface area contributed by atoms with Gasteiger partial charge in [0.05, 0.1) is 0 Å². The molecule has 2 unspecified atom stereocenters. The van der Waals surface area contributed by atoms with E-state index in [1.165, 1.54) is 24.0 Å². The fraction of sp³-hybridized carbons (Fsp3) is 0.350. The van der Waals surface area contributed by atoms with E-state index in [0.717, 1.165) is 19.0 Å². The predicted octanol–water partition coefficient (Wildman–Crippen LogP) is 4.69. The molecule has 0 N–H and O–H groups in total. The Morgan fingerprint density at radius 2 is 1.38 bits per heavy atom. The summed E-state index contributed by atoms with van der Waals surface area (Å²) >= 11 is 0. The minimum absolute atomic E-state index is 0.681. The van der Waals surface area contributed by atoms with Gasteiger partial charge in [-0.3, -0.25) is 4.90 Å². The van der Waals surface area contributed by atoms with E-state index < -0.39 is 0 Å². The van der Waals surface area contributed by atoms with Crippen LogP contribution in [0.1, 0.15) is 30.9 Å². The van der Waals surface area contributed by atoms with Gasteiger partial charge in [-0.1, -0.05) is 67.6 Å². The van der Waals surface area contributed by atoms with Crippen LogP contribution in [0.5, 0.6) is 0 Å². The summed E-state index contributed by atoms with van der Waals surface area (Å²) in [6, 6.07) is 22.4. The number of benzene rings is 2. The van der Waals surface area contributed by atoms with Crippen molar-refractivity contribution in [3.8, 4) is 0 Å². The molecule has 0 aromatic heterocycles. The van der Waals surface area contributed by atoms with Gasteiger partial charge in [-0.15, -0.1) is 0 Å². The third kappa shape index (κ3) is 3.95. The third-order valence-electron chi connectivity index (χ3n) is 4.43. The molecule has 0 aliphatic heterocycles. The van der Waals surface area contributed by atoms with Crippen molar-refractivity contribution >= 4 is 0 Å². The first-order valence-corrected chi connectivity index (χ1v) is 7.96. The summed E-state index contributed by atoms with van der Waals surface area (Å²) in [5.41, 5.74) is 2.82. The van der Waals surface area contributed by atoms with Gasteiger partial charge in [0.25, 0.3) is 0 Å². The molecule has 0 bridgehead atoms. The van der Waals surface area contributed by atoms with Gasteiger partial charge < -0.3 is 0 Å². The lowest BCUT2D eigenvalue weighted by Crippen LogP contribution is -2.32. The summed E-state index contributed by atoms with van der Waals surface area (Å²) in [6.07, 6.45) is 4.99. The van der Waals surface area contributed by atoms with Gasteiger partial charge in [-0.25, -0.2) is 0 Å². The highest BCUT2D eigenvalue weighted by atomic mass is 15.2. The second-order valence-corrected chi connectivity index (χ2v) is 6.21. The lowest BCUT2D eigenvalue weighted by atomic mass is 10.1. The van der Waals surface area contributed by atoms with Crippen molar-refractivity contribution in [2.75, 3.05) is 0 Å². The molecule has 1 nitrogen and oxygen atoms in total. The molecule has 1 aliphatic carbocycles. The Balaban J connectivity index is 1.74. The van der Waals surface area contributed by atoms with E-state index in [4.69, 9.17) is 0 Å². The molecule has 2 aromatic rings. The maximum Gasteiger partial charge on any atom is 0.0240 e. The van der Waals surface area contributed by atoms with Crippen LogP contribution in [0.25, 0.3) is 0 Å². The largest absolute Gasteiger partial charge is 0.292 e. The molecular weight excluding hydrogens is 254 g/mol. The molecule has 1 aliphatic rings. The van der Waals surface area contributed by atoms with Crippen LogP contribution in [0.15, 0.2) is 60.7 Å². The molecule has 2 aromatic carbocycles. The smallest absolute Gasteiger partial charge is 0.0240 e. The second-order valence-electron chi connectivity index (χ2n) is 6.21. The average molecular weight is 278 g/mol. The molecule has 21 heavy (non-hydrogen) atoms. The molecule has 0 spiro atoms. The minimum Gasteiger partial charge on any atom is -0.292 e. The van der Waals surface area contributed by atoms with Gasteiger partial charge in [0.15, 0.2) is 0 Å². The first-order chi connectivity index (χ1) is 10.3. The molecule has 1 fully saturated rings. The third-order valence-corrected chi connectivity index (χ3v) is 4.43. The van der Waals surface area contributed by atoms with Crippen molar-refractivity contribution in [1.82, 2.24) is 4.90 Å². The van der Waals surface area contributed by atoms with Crippen molar-refractivity contribution in [1.29, 1.82) is 0 Å². The van der Waals surface area contributed by atoms with E-state index in [9.17, 15) is 0 Å². The van der Waals surface area contributed by atoms with Crippen LogP contribution in [0.4, 0.5) is 0 Å². The molecule has 109 valence electrons. The molecular formula is C20H24N. The van der Waals surface area contributed by atoms with E-state index in [1.54, 1.807) is 0 Å². The van der Waals surface area contributed by atoms with E-state index in [0.29, 0.717) is 6.04 Å². The molecule has 1 radical (unpaired) electrons. The Labute approximate surface area is 128 Å². The van der Waals surface area contributed by atoms with Crippen LogP contribution < -0.4 is 0 Å². The molecule has 2 atom stereocenters. The standard InChI is InChI=1S/C20H24N/c1-17-12-13-20(14-17)21(15-18-8-4-2-5-9-18)16-19-10-6-3-7-11-19/h2-12,17,20H,13-16H2,1H3. The maximum absolute atomic E-state index is 2.64. The fourth-order valence-electron chi connectivity index (χ4n) is 3.26. The van der Waals surface area contributed by atoms with E-state index in [2.05, 4.69) is 78.9 Å². The Morgan fingerprint density at radius 1 is 0.857 bits per heavy atom. The van der Waals surface area contributed by atoms with Crippen molar-refractivity contribution in [3.05, 3.63) is 78.2 Å². The number of nitrogens with zero attached hydrogens (tertiary/aromatic N) is 1. The lowest BCUT2D eigenvalue weighted by molar-refractivity contribution is 0.178. The molecule has 0 saturated heterocycles. The molecule has 0 heterocycles. The normalized spacial score (nSPS) is 21.8. The summed E-state index contributed by atoms with van der Waals surface area (Å²) in [5, 5.41) is 0. The Bertz CT molecular complexity index is 493. The van der Waals surface area contributed by atoms with Gasteiger partial charge in [0.1, 0.15) is 0 Å². The van der Waals surface area contributed by atoms with Gasteiger partial charge in [-0.05, 0) is 36.3 Å². The molecule has 3 rings (SSSR count). The molecule has 1 heteroatoms. The fourth-order valence-corrected chi connectivity index (χ4v) is 3.26. The zero-order valence-corrected chi connectivity index (χ0v) is 12.8. The zero-order valence-electron chi connectivity index (χ0n) is 12.8. The van der Waals surface area contributed by atoms with E-state index >= 15 is 0 Å². The SMILES string of the molecule is CC1[CH]CC(N(Cc2ccccc2)Cc2ccccc2)C1. The summed E-state index contributed by atoms with van der Waals surface area (Å²) in [4.78, 5) is 2.64. The summed E-state index contributed by atoms with van der Waals surface area (Å²) in [7, 11) is 0. The quantitative estimate of drug-likeness (QED) is 0.767. The summed E-state index contributed by atoms with van der Waals surface area (Å²) in [5.74, 6) is 0.754. The molecule has 1 saturated carbocycles. The van der Waals surface area contributed by atoms with Gasteiger partial charge >= 0.3 is 0 Å². The zero-order chi connectivity index (χ0) is 14.5. The second kappa shape index (κ2) is 6.91. The van der Waals surface area contributed by atoms with Gasteiger partial charge in [-0.2, -0.15) is 0 Å². The summed E-state index contributed by atoms with van der Waals surface area (Å²) < 4.78 is 0. The first kappa shape index (κ1) is 14.3. The minimum atomic E-state index is 0.681. The maximum atomic E-state index is 2.64. The van der Waals surface area contributed by atoms with Gasteiger partial charge in [0.2, 0.25) is 0 Å². The van der Waals surface area contributed by atoms with Crippen molar-refractivity contribution < 1.29 is 0 Å². The molecule has 0 amide bonds. The summed E-state index contributed by atoms with van der Waals surface area (Å²) in [6.45, 7) is 4.42. The van der Waals surface area contributed by atoms with Crippen LogP contribution in [-0.4, -0.2) is 10.9 Å². The van der Waals surface area contributed by atoms with Crippen LogP contribution in [0.2, 0.25) is 0 Å². The number of rotatable bonds is 5. The van der Waals surface area contributed by atoms with E-state index in [-0.39, 0.29) is 0 Å². The Morgan fingerprint density at radius 3 is 1.81 bits per heavy atom. The van der Waals surface area contributed by atoms with Gasteiger partial charge in [0, 0.05) is 19.1 Å². The van der Waals surface area contributed by atoms with Crippen molar-refractivity contribution in [2.45, 2.75) is 38.9 Å². The monoisotopic (exact) mass is 278 g/mol. The predicted molar refractivity (Wildman–Crippen MR) is 88.6 cm³/mol. The highest BCUT2D eigenvalue weighted by Gasteiger charge is 2.27. The topological polar surface area (TPSA) is 3.24 Å². The lowest BCUT2D eigenvalue weighted by Gasteiger charge is -2.29. The number of hydrogen-bond acceptors (Lipinski definition) is 1. The Kier molecular flexibility index (Phi) is 4.72. The average Bonchev–Trinajstić information content (AvgIpc) is 2.95. The highest BCUT2D eigenvalue weighted by Crippen LogP contribution is 2.30. The van der Waals surface area contributed by atoms with Crippen LogP contribution >= 0.6 is 0 Å². The van der Waals surface area contributed by atoms with E-state index in [1.807, 2.05) is 0 Å².